The fourth-order valence-electron chi connectivity index (χ4n) is 4.26. The fraction of sp³-hybridized carbons (Fsp3) is 0.231. The van der Waals surface area contributed by atoms with Crippen LogP contribution in [-0.4, -0.2) is 47.2 Å². The van der Waals surface area contributed by atoms with E-state index in [4.69, 9.17) is 0 Å². The van der Waals surface area contributed by atoms with E-state index in [1.165, 1.54) is 11.8 Å². The zero-order chi connectivity index (χ0) is 23.5. The van der Waals surface area contributed by atoms with Crippen LogP contribution >= 0.6 is 11.8 Å². The molecular weight excluding hydrogens is 466 g/mol. The van der Waals surface area contributed by atoms with Gasteiger partial charge in [-0.25, -0.2) is 8.42 Å². The third kappa shape index (κ3) is 5.34. The van der Waals surface area contributed by atoms with E-state index in [0.717, 1.165) is 16.8 Å². The standard InChI is InChI=1S/C26H25N3O3S2/c30-25(29(15-19-8-3-1-4-9-19)16-20-10-5-2-6-11-20)21-12-7-13-22(14-21)27-26-28-23-17-34(31,32)18-24(23)33-26/h1-14,23-24H,15-18H2,(H,27,28)/t23-,24+/m0/s1. The second kappa shape index (κ2) is 9.64. The van der Waals surface area contributed by atoms with Crippen LogP contribution in [0.25, 0.3) is 0 Å². The van der Waals surface area contributed by atoms with Gasteiger partial charge in [0.15, 0.2) is 15.0 Å². The van der Waals surface area contributed by atoms with Gasteiger partial charge in [-0.15, -0.1) is 0 Å². The van der Waals surface area contributed by atoms with Crippen molar-refractivity contribution in [3.63, 3.8) is 0 Å². The Bertz CT molecular complexity index is 1270. The number of nitrogens with zero attached hydrogens (tertiary/aromatic N) is 2. The second-order valence-electron chi connectivity index (χ2n) is 8.57. The molecule has 2 aliphatic heterocycles. The Kier molecular flexibility index (Phi) is 6.43. The van der Waals surface area contributed by atoms with Crippen molar-refractivity contribution in [2.24, 2.45) is 4.99 Å². The van der Waals surface area contributed by atoms with E-state index in [9.17, 15) is 13.2 Å². The first-order chi connectivity index (χ1) is 16.4. The van der Waals surface area contributed by atoms with Crippen LogP contribution in [0.2, 0.25) is 0 Å². The van der Waals surface area contributed by atoms with E-state index in [2.05, 4.69) is 10.3 Å². The lowest BCUT2D eigenvalue weighted by Crippen LogP contribution is -2.30. The Labute approximate surface area is 204 Å². The number of aliphatic imine (C=N–C) groups is 1. The number of amides is 1. The highest BCUT2D eigenvalue weighted by Gasteiger charge is 2.42. The molecule has 0 spiro atoms. The summed E-state index contributed by atoms with van der Waals surface area (Å²) in [5.41, 5.74) is 3.49. The molecule has 3 aromatic rings. The zero-order valence-electron chi connectivity index (χ0n) is 18.5. The summed E-state index contributed by atoms with van der Waals surface area (Å²) in [6, 6.07) is 27.2. The Morgan fingerprint density at radius 1 is 0.912 bits per heavy atom. The highest BCUT2D eigenvalue weighted by atomic mass is 32.2. The summed E-state index contributed by atoms with van der Waals surface area (Å²) in [7, 11) is -2.99. The van der Waals surface area contributed by atoms with Crippen molar-refractivity contribution in [3.8, 4) is 0 Å². The number of rotatable bonds is 6. The van der Waals surface area contributed by atoms with Gasteiger partial charge < -0.3 is 10.2 Å². The minimum Gasteiger partial charge on any atom is -0.335 e. The van der Waals surface area contributed by atoms with Crippen molar-refractivity contribution in [1.82, 2.24) is 4.90 Å². The number of sulfone groups is 1. The molecule has 1 saturated heterocycles. The van der Waals surface area contributed by atoms with Crippen LogP contribution in [0.15, 0.2) is 89.9 Å². The number of anilines is 1. The van der Waals surface area contributed by atoms with Crippen LogP contribution in [0.5, 0.6) is 0 Å². The minimum atomic E-state index is -2.99. The van der Waals surface area contributed by atoms with Crippen LogP contribution < -0.4 is 5.32 Å². The molecule has 3 aromatic carbocycles. The van der Waals surface area contributed by atoms with Gasteiger partial charge in [0.25, 0.3) is 5.91 Å². The Morgan fingerprint density at radius 2 is 1.56 bits per heavy atom. The van der Waals surface area contributed by atoms with Crippen molar-refractivity contribution in [3.05, 3.63) is 102 Å². The predicted molar refractivity (Wildman–Crippen MR) is 138 cm³/mol. The SMILES string of the molecule is O=C(c1cccc(NC2=N[C@H]3CS(=O)(=O)C[C@H]3S2)c1)N(Cc1ccccc1)Cc1ccccc1. The molecule has 1 fully saturated rings. The van der Waals surface area contributed by atoms with Gasteiger partial charge in [-0.2, -0.15) is 0 Å². The van der Waals surface area contributed by atoms with Gasteiger partial charge in [-0.3, -0.25) is 9.79 Å². The summed E-state index contributed by atoms with van der Waals surface area (Å²) in [6.07, 6.45) is 0. The first-order valence-corrected chi connectivity index (χ1v) is 13.8. The Hall–Kier alpha value is -3.10. The smallest absolute Gasteiger partial charge is 0.254 e. The summed E-state index contributed by atoms with van der Waals surface area (Å²) >= 11 is 1.47. The molecule has 0 bridgehead atoms. The predicted octanol–water partition coefficient (Wildman–Crippen LogP) is 4.21. The average molecular weight is 492 g/mol. The third-order valence-electron chi connectivity index (χ3n) is 5.90. The average Bonchev–Trinajstić information content (AvgIpc) is 3.32. The summed E-state index contributed by atoms with van der Waals surface area (Å²) < 4.78 is 23.6. The lowest BCUT2D eigenvalue weighted by atomic mass is 10.1. The number of hydrogen-bond acceptors (Lipinski definition) is 6. The molecule has 0 unspecified atom stereocenters. The summed E-state index contributed by atoms with van der Waals surface area (Å²) in [4.78, 5) is 20.0. The molecule has 0 aliphatic carbocycles. The number of carbonyl (C=O) groups excluding carboxylic acids is 1. The molecule has 5 rings (SSSR count). The highest BCUT2D eigenvalue weighted by molar-refractivity contribution is 8.15. The van der Waals surface area contributed by atoms with Crippen LogP contribution in [0.1, 0.15) is 21.5 Å². The minimum absolute atomic E-state index is 0.0236. The molecule has 0 radical (unpaired) electrons. The molecule has 6 nitrogen and oxygen atoms in total. The number of amidine groups is 1. The number of nitrogens with one attached hydrogen (secondary N) is 1. The molecule has 2 aliphatic rings. The number of hydrogen-bond donors (Lipinski definition) is 1. The molecule has 2 atom stereocenters. The van der Waals surface area contributed by atoms with Crippen molar-refractivity contribution in [2.75, 3.05) is 16.8 Å². The molecule has 0 saturated carbocycles. The first kappa shape index (κ1) is 22.7. The lowest BCUT2D eigenvalue weighted by molar-refractivity contribution is 0.0730. The zero-order valence-corrected chi connectivity index (χ0v) is 20.1. The summed E-state index contributed by atoms with van der Waals surface area (Å²) in [5.74, 6) is 0.228. The van der Waals surface area contributed by atoms with E-state index in [0.29, 0.717) is 23.8 Å². The Balaban J connectivity index is 1.34. The van der Waals surface area contributed by atoms with Crippen LogP contribution in [0.4, 0.5) is 5.69 Å². The maximum absolute atomic E-state index is 13.6. The van der Waals surface area contributed by atoms with Gasteiger partial charge in [0.05, 0.1) is 17.5 Å². The van der Waals surface area contributed by atoms with Gasteiger partial charge in [-0.05, 0) is 29.3 Å². The molecule has 1 N–H and O–H groups in total. The van der Waals surface area contributed by atoms with Gasteiger partial charge in [0, 0.05) is 29.6 Å². The van der Waals surface area contributed by atoms with E-state index < -0.39 is 9.84 Å². The van der Waals surface area contributed by atoms with E-state index >= 15 is 0 Å². The molecule has 34 heavy (non-hydrogen) atoms. The van der Waals surface area contributed by atoms with Crippen molar-refractivity contribution in [2.45, 2.75) is 24.4 Å². The summed E-state index contributed by atoms with van der Waals surface area (Å²) in [5, 5.41) is 3.96. The van der Waals surface area contributed by atoms with E-state index in [-0.39, 0.29) is 28.7 Å². The molecule has 0 aromatic heterocycles. The van der Waals surface area contributed by atoms with Gasteiger partial charge >= 0.3 is 0 Å². The maximum Gasteiger partial charge on any atom is 0.254 e. The quantitative estimate of drug-likeness (QED) is 0.559. The largest absolute Gasteiger partial charge is 0.335 e. The van der Waals surface area contributed by atoms with E-state index in [1.54, 1.807) is 0 Å². The van der Waals surface area contributed by atoms with E-state index in [1.807, 2.05) is 89.8 Å². The van der Waals surface area contributed by atoms with Crippen molar-refractivity contribution < 1.29 is 13.2 Å². The molecule has 1 amide bonds. The number of fused-ring (bicyclic) bond motifs is 1. The van der Waals surface area contributed by atoms with Crippen LogP contribution in [-0.2, 0) is 22.9 Å². The van der Waals surface area contributed by atoms with Crippen molar-refractivity contribution in [1.29, 1.82) is 0 Å². The fourth-order valence-corrected chi connectivity index (χ4v) is 7.94. The highest BCUT2D eigenvalue weighted by Crippen LogP contribution is 2.34. The van der Waals surface area contributed by atoms with Gasteiger partial charge in [0.1, 0.15) is 0 Å². The molecular formula is C26H25N3O3S2. The lowest BCUT2D eigenvalue weighted by Gasteiger charge is -2.23. The number of thioether (sulfide) groups is 1. The normalized spacial score (nSPS) is 20.4. The number of benzene rings is 3. The number of carbonyl (C=O) groups is 1. The maximum atomic E-state index is 13.6. The summed E-state index contributed by atoms with van der Waals surface area (Å²) in [6.45, 7) is 1.01. The van der Waals surface area contributed by atoms with Crippen molar-refractivity contribution >= 4 is 38.4 Å². The molecule has 174 valence electrons. The topological polar surface area (TPSA) is 78.8 Å². The first-order valence-electron chi connectivity index (χ1n) is 11.1. The Morgan fingerprint density at radius 3 is 2.18 bits per heavy atom. The molecule has 2 heterocycles. The third-order valence-corrected chi connectivity index (χ3v) is 9.04. The monoisotopic (exact) mass is 491 g/mol. The van der Waals surface area contributed by atoms with Gasteiger partial charge in [0.2, 0.25) is 0 Å². The van der Waals surface area contributed by atoms with Crippen LogP contribution in [0.3, 0.4) is 0 Å². The molecule has 8 heteroatoms. The van der Waals surface area contributed by atoms with Gasteiger partial charge in [-0.1, -0.05) is 78.5 Å². The van der Waals surface area contributed by atoms with Crippen LogP contribution in [0, 0.1) is 0 Å². The second-order valence-corrected chi connectivity index (χ2v) is 12.0.